The van der Waals surface area contributed by atoms with Crippen molar-refractivity contribution in [3.05, 3.63) is 23.1 Å². The van der Waals surface area contributed by atoms with Gasteiger partial charge < -0.3 is 10.2 Å². The van der Waals surface area contributed by atoms with Crippen LogP contribution in [0, 0.1) is 19.8 Å². The third-order valence-corrected chi connectivity index (χ3v) is 5.28. The molecule has 0 bridgehead atoms. The molecule has 0 saturated carbocycles. The van der Waals surface area contributed by atoms with E-state index >= 15 is 0 Å². The van der Waals surface area contributed by atoms with Gasteiger partial charge in [-0.2, -0.15) is 10.2 Å². The second-order valence-corrected chi connectivity index (χ2v) is 6.96. The largest absolute Gasteiger partial charge is 0.337 e. The monoisotopic (exact) mass is 344 g/mol. The highest BCUT2D eigenvalue weighted by Gasteiger charge is 2.25. The van der Waals surface area contributed by atoms with Gasteiger partial charge in [-0.05, 0) is 58.7 Å². The number of carbonyl (C=O) groups excluding carboxylic acids is 1. The first kappa shape index (κ1) is 17.7. The van der Waals surface area contributed by atoms with Gasteiger partial charge >= 0.3 is 0 Å². The van der Waals surface area contributed by atoms with Crippen LogP contribution in [0.2, 0.25) is 0 Å². The quantitative estimate of drug-likeness (QED) is 0.868. The molecule has 2 N–H and O–H groups in total. The van der Waals surface area contributed by atoms with E-state index in [-0.39, 0.29) is 5.91 Å². The van der Waals surface area contributed by atoms with Crippen molar-refractivity contribution in [1.29, 1.82) is 0 Å². The number of hydrogen-bond acceptors (Lipinski definition) is 4. The van der Waals surface area contributed by atoms with E-state index in [1.807, 2.05) is 43.6 Å². The van der Waals surface area contributed by atoms with Gasteiger partial charge in [0.05, 0.1) is 11.4 Å². The Balaban J connectivity index is 1.67. The minimum absolute atomic E-state index is 0.0463. The number of rotatable bonds is 5. The average Bonchev–Trinajstić information content (AvgIpc) is 3.18. The summed E-state index contributed by atoms with van der Waals surface area (Å²) in [6.07, 6.45) is 3.34. The lowest BCUT2D eigenvalue weighted by atomic mass is 9.93. The number of carbonyl (C=O) groups is 1. The molecule has 0 aliphatic carbocycles. The van der Waals surface area contributed by atoms with Crippen LogP contribution in [0.3, 0.4) is 0 Å². The molecule has 2 aromatic rings. The fraction of sp³-hybridized carbons (Fsp3) is 0.611. The van der Waals surface area contributed by atoms with Crippen molar-refractivity contribution in [2.75, 3.05) is 26.7 Å². The number of H-pyrrole nitrogens is 1. The van der Waals surface area contributed by atoms with Crippen LogP contribution in [0.1, 0.15) is 41.1 Å². The third kappa shape index (κ3) is 3.61. The van der Waals surface area contributed by atoms with Gasteiger partial charge in [0, 0.05) is 31.4 Å². The molecule has 1 aliphatic heterocycles. The van der Waals surface area contributed by atoms with Gasteiger partial charge in [-0.1, -0.05) is 0 Å². The smallest absolute Gasteiger partial charge is 0.271 e. The Bertz CT molecular complexity index is 739. The highest BCUT2D eigenvalue weighted by molar-refractivity contribution is 5.93. The van der Waals surface area contributed by atoms with Gasteiger partial charge in [-0.3, -0.25) is 14.6 Å². The van der Waals surface area contributed by atoms with E-state index in [0.717, 1.165) is 61.0 Å². The number of aryl methyl sites for hydroxylation is 2. The Morgan fingerprint density at radius 3 is 2.68 bits per heavy atom. The maximum absolute atomic E-state index is 12.8. The molecule has 1 amide bonds. The molecule has 0 radical (unpaired) electrons. The highest BCUT2D eigenvalue weighted by Crippen LogP contribution is 2.26. The van der Waals surface area contributed by atoms with Crippen molar-refractivity contribution < 1.29 is 4.79 Å². The SMILES string of the molecule is CNCCC1CCN(C(=O)c2cc(-c3c(C)nn(C)c3C)n[nH]2)CC1. The summed E-state index contributed by atoms with van der Waals surface area (Å²) in [5.41, 5.74) is 4.33. The molecule has 25 heavy (non-hydrogen) atoms. The van der Waals surface area contributed by atoms with Crippen molar-refractivity contribution in [3.63, 3.8) is 0 Å². The number of hydrogen-bond donors (Lipinski definition) is 2. The summed E-state index contributed by atoms with van der Waals surface area (Å²) < 4.78 is 1.84. The molecule has 7 heteroatoms. The van der Waals surface area contributed by atoms with Crippen LogP contribution in [0.25, 0.3) is 11.3 Å². The fourth-order valence-corrected chi connectivity index (χ4v) is 3.65. The maximum Gasteiger partial charge on any atom is 0.271 e. The molecule has 0 unspecified atom stereocenters. The van der Waals surface area contributed by atoms with Crippen molar-refractivity contribution in [3.8, 4) is 11.3 Å². The zero-order valence-corrected chi connectivity index (χ0v) is 15.6. The summed E-state index contributed by atoms with van der Waals surface area (Å²) in [5, 5.41) is 14.9. The van der Waals surface area contributed by atoms with Crippen molar-refractivity contribution in [1.82, 2.24) is 30.2 Å². The third-order valence-electron chi connectivity index (χ3n) is 5.28. The molecule has 1 fully saturated rings. The van der Waals surface area contributed by atoms with Gasteiger partial charge in [0.1, 0.15) is 5.69 Å². The molecule has 1 aliphatic rings. The summed E-state index contributed by atoms with van der Waals surface area (Å²) in [7, 11) is 3.91. The topological polar surface area (TPSA) is 78.8 Å². The van der Waals surface area contributed by atoms with E-state index in [4.69, 9.17) is 0 Å². The fourth-order valence-electron chi connectivity index (χ4n) is 3.65. The Labute approximate surface area is 148 Å². The Morgan fingerprint density at radius 2 is 2.08 bits per heavy atom. The number of likely N-dealkylation sites (tertiary alicyclic amines) is 1. The molecule has 2 aromatic heterocycles. The van der Waals surface area contributed by atoms with Gasteiger partial charge in [0.25, 0.3) is 5.91 Å². The van der Waals surface area contributed by atoms with E-state index in [1.165, 1.54) is 6.42 Å². The van der Waals surface area contributed by atoms with Gasteiger partial charge in [-0.25, -0.2) is 0 Å². The lowest BCUT2D eigenvalue weighted by Crippen LogP contribution is -2.39. The van der Waals surface area contributed by atoms with E-state index in [0.29, 0.717) is 5.69 Å². The van der Waals surface area contributed by atoms with Crippen molar-refractivity contribution in [2.24, 2.45) is 13.0 Å². The van der Waals surface area contributed by atoms with Crippen LogP contribution in [-0.2, 0) is 7.05 Å². The number of piperidine rings is 1. The number of aromatic amines is 1. The molecule has 1 saturated heterocycles. The maximum atomic E-state index is 12.8. The van der Waals surface area contributed by atoms with Crippen LogP contribution in [0.5, 0.6) is 0 Å². The van der Waals surface area contributed by atoms with Gasteiger partial charge in [-0.15, -0.1) is 0 Å². The number of nitrogens with zero attached hydrogens (tertiary/aromatic N) is 4. The van der Waals surface area contributed by atoms with Crippen molar-refractivity contribution >= 4 is 5.91 Å². The van der Waals surface area contributed by atoms with E-state index in [9.17, 15) is 4.79 Å². The lowest BCUT2D eigenvalue weighted by molar-refractivity contribution is 0.0681. The molecule has 7 nitrogen and oxygen atoms in total. The molecular formula is C18H28N6O. The molecule has 3 rings (SSSR count). The zero-order valence-electron chi connectivity index (χ0n) is 15.6. The zero-order chi connectivity index (χ0) is 18.0. The first-order valence-corrected chi connectivity index (χ1v) is 9.01. The van der Waals surface area contributed by atoms with Crippen LogP contribution >= 0.6 is 0 Å². The summed E-state index contributed by atoms with van der Waals surface area (Å²) in [5.74, 6) is 0.763. The van der Waals surface area contributed by atoms with E-state index in [1.54, 1.807) is 0 Å². The predicted octanol–water partition coefficient (Wildman–Crippen LogP) is 1.89. The van der Waals surface area contributed by atoms with E-state index in [2.05, 4.69) is 20.6 Å². The Morgan fingerprint density at radius 1 is 1.36 bits per heavy atom. The first-order chi connectivity index (χ1) is 12.0. The molecule has 3 heterocycles. The molecule has 136 valence electrons. The van der Waals surface area contributed by atoms with E-state index < -0.39 is 0 Å². The minimum Gasteiger partial charge on any atom is -0.337 e. The number of nitrogens with one attached hydrogen (secondary N) is 2. The molecule has 0 atom stereocenters. The van der Waals surface area contributed by atoms with Crippen molar-refractivity contribution in [2.45, 2.75) is 33.1 Å². The summed E-state index contributed by atoms with van der Waals surface area (Å²) in [4.78, 5) is 14.7. The predicted molar refractivity (Wildman–Crippen MR) is 97.4 cm³/mol. The summed E-state index contributed by atoms with van der Waals surface area (Å²) >= 11 is 0. The Hall–Kier alpha value is -2.15. The molecule has 0 spiro atoms. The minimum atomic E-state index is 0.0463. The summed E-state index contributed by atoms with van der Waals surface area (Å²) in [6, 6.07) is 1.85. The normalized spacial score (nSPS) is 15.8. The molecular weight excluding hydrogens is 316 g/mol. The standard InChI is InChI=1S/C18H28N6O/c1-12-17(13(2)23(4)22-12)15-11-16(21-20-15)18(25)24-9-6-14(7-10-24)5-8-19-3/h11,14,19H,5-10H2,1-4H3,(H,20,21). The van der Waals surface area contributed by atoms with Gasteiger partial charge in [0.15, 0.2) is 0 Å². The van der Waals surface area contributed by atoms with Crippen LogP contribution in [0.4, 0.5) is 0 Å². The summed E-state index contributed by atoms with van der Waals surface area (Å²) in [6.45, 7) is 6.68. The van der Waals surface area contributed by atoms with Crippen LogP contribution in [-0.4, -0.2) is 57.5 Å². The second-order valence-electron chi connectivity index (χ2n) is 6.96. The van der Waals surface area contributed by atoms with Crippen LogP contribution < -0.4 is 5.32 Å². The number of amides is 1. The second kappa shape index (κ2) is 7.39. The highest BCUT2D eigenvalue weighted by atomic mass is 16.2. The van der Waals surface area contributed by atoms with Gasteiger partial charge in [0.2, 0.25) is 0 Å². The number of aromatic nitrogens is 4. The molecule has 0 aromatic carbocycles. The lowest BCUT2D eigenvalue weighted by Gasteiger charge is -2.31. The van der Waals surface area contributed by atoms with Crippen LogP contribution in [0.15, 0.2) is 6.07 Å². The average molecular weight is 344 g/mol. The first-order valence-electron chi connectivity index (χ1n) is 9.01. The Kier molecular flexibility index (Phi) is 5.22.